The molecule has 0 atom stereocenters. The Bertz CT molecular complexity index is 546. The van der Waals surface area contributed by atoms with Gasteiger partial charge < -0.3 is 9.32 Å². The van der Waals surface area contributed by atoms with Gasteiger partial charge in [-0.1, -0.05) is 0 Å². The monoisotopic (exact) mass is 249 g/mol. The van der Waals surface area contributed by atoms with Crippen LogP contribution in [0.2, 0.25) is 0 Å². The first kappa shape index (κ1) is 11.6. The Balaban J connectivity index is 1.74. The van der Waals surface area contributed by atoms with Gasteiger partial charge in [0.25, 0.3) is 0 Å². The van der Waals surface area contributed by atoms with Crippen molar-refractivity contribution in [3.8, 4) is 0 Å². The van der Waals surface area contributed by atoms with Crippen LogP contribution in [-0.4, -0.2) is 48.0 Å². The molecule has 1 fully saturated rings. The Morgan fingerprint density at radius 3 is 2.83 bits per heavy atom. The fourth-order valence-corrected chi connectivity index (χ4v) is 2.21. The van der Waals surface area contributed by atoms with Gasteiger partial charge in [0.15, 0.2) is 5.58 Å². The first-order chi connectivity index (χ1) is 8.70. The molecule has 0 spiro atoms. The molecule has 0 unspecified atom stereocenters. The van der Waals surface area contributed by atoms with Gasteiger partial charge in [-0.25, -0.2) is 9.37 Å². The number of rotatable bonds is 2. The summed E-state index contributed by atoms with van der Waals surface area (Å²) in [5.74, 6) is 0.391. The van der Waals surface area contributed by atoms with E-state index in [-0.39, 0.29) is 5.82 Å². The molecule has 96 valence electrons. The number of fused-ring (bicyclic) bond motifs is 1. The molecule has 1 aliphatic rings. The summed E-state index contributed by atoms with van der Waals surface area (Å²) in [7, 11) is 2.12. The molecule has 0 N–H and O–H groups in total. The molecule has 3 rings (SSSR count). The smallest absolute Gasteiger partial charge is 0.209 e. The van der Waals surface area contributed by atoms with Gasteiger partial charge in [-0.15, -0.1) is 0 Å². The number of benzene rings is 1. The van der Waals surface area contributed by atoms with Crippen molar-refractivity contribution in [1.29, 1.82) is 0 Å². The second kappa shape index (κ2) is 4.66. The SMILES string of the molecule is CN1CCN(Cc2nc3cc(F)ccc3o2)CC1. The molecular weight excluding hydrogens is 233 g/mol. The Labute approximate surface area is 105 Å². The molecule has 5 heteroatoms. The summed E-state index contributed by atoms with van der Waals surface area (Å²) in [6, 6.07) is 4.44. The second-order valence-corrected chi connectivity index (χ2v) is 4.80. The van der Waals surface area contributed by atoms with Crippen molar-refractivity contribution in [3.05, 3.63) is 29.9 Å². The van der Waals surface area contributed by atoms with Crippen molar-refractivity contribution in [2.75, 3.05) is 33.2 Å². The highest BCUT2D eigenvalue weighted by molar-refractivity contribution is 5.72. The zero-order valence-electron chi connectivity index (χ0n) is 10.4. The molecule has 1 saturated heterocycles. The van der Waals surface area contributed by atoms with E-state index in [9.17, 15) is 4.39 Å². The first-order valence-corrected chi connectivity index (χ1v) is 6.16. The van der Waals surface area contributed by atoms with E-state index in [1.54, 1.807) is 6.07 Å². The molecule has 0 amide bonds. The maximum Gasteiger partial charge on any atom is 0.209 e. The van der Waals surface area contributed by atoms with Crippen LogP contribution in [0.3, 0.4) is 0 Å². The van der Waals surface area contributed by atoms with Crippen molar-refractivity contribution in [1.82, 2.24) is 14.8 Å². The predicted molar refractivity (Wildman–Crippen MR) is 66.7 cm³/mol. The van der Waals surface area contributed by atoms with E-state index in [1.807, 2.05) is 0 Å². The lowest BCUT2D eigenvalue weighted by Crippen LogP contribution is -2.43. The minimum atomic E-state index is -0.276. The van der Waals surface area contributed by atoms with Gasteiger partial charge >= 0.3 is 0 Å². The summed E-state index contributed by atoms with van der Waals surface area (Å²) >= 11 is 0. The number of nitrogens with zero attached hydrogens (tertiary/aromatic N) is 3. The number of hydrogen-bond acceptors (Lipinski definition) is 4. The summed E-state index contributed by atoms with van der Waals surface area (Å²) in [4.78, 5) is 8.93. The molecule has 0 radical (unpaired) electrons. The Morgan fingerprint density at radius 2 is 2.06 bits per heavy atom. The highest BCUT2D eigenvalue weighted by Gasteiger charge is 2.16. The number of piperazine rings is 1. The van der Waals surface area contributed by atoms with Crippen LogP contribution in [-0.2, 0) is 6.54 Å². The van der Waals surface area contributed by atoms with E-state index in [0.29, 0.717) is 23.5 Å². The number of hydrogen-bond donors (Lipinski definition) is 0. The van der Waals surface area contributed by atoms with E-state index < -0.39 is 0 Å². The summed E-state index contributed by atoms with van der Waals surface area (Å²) in [6.45, 7) is 4.86. The minimum Gasteiger partial charge on any atom is -0.439 e. The molecule has 18 heavy (non-hydrogen) atoms. The Hall–Kier alpha value is -1.46. The standard InChI is InChI=1S/C13H16FN3O/c1-16-4-6-17(7-5-16)9-13-15-11-8-10(14)2-3-12(11)18-13/h2-3,8H,4-7,9H2,1H3. The van der Waals surface area contributed by atoms with Crippen LogP contribution in [0.25, 0.3) is 11.1 Å². The molecule has 0 aliphatic carbocycles. The number of aromatic nitrogens is 1. The van der Waals surface area contributed by atoms with Crippen molar-refractivity contribution in [2.45, 2.75) is 6.54 Å². The lowest BCUT2D eigenvalue weighted by atomic mass is 10.3. The molecule has 1 aliphatic heterocycles. The topological polar surface area (TPSA) is 32.5 Å². The zero-order chi connectivity index (χ0) is 12.5. The molecule has 0 bridgehead atoms. The molecule has 4 nitrogen and oxygen atoms in total. The Kier molecular flexibility index (Phi) is 3.01. The van der Waals surface area contributed by atoms with Crippen LogP contribution in [0.5, 0.6) is 0 Å². The molecule has 0 saturated carbocycles. The minimum absolute atomic E-state index is 0.276. The predicted octanol–water partition coefficient (Wildman–Crippen LogP) is 1.71. The quantitative estimate of drug-likeness (QED) is 0.811. The average molecular weight is 249 g/mol. The van der Waals surface area contributed by atoms with E-state index >= 15 is 0 Å². The van der Waals surface area contributed by atoms with E-state index in [1.165, 1.54) is 12.1 Å². The molecule has 2 heterocycles. The Morgan fingerprint density at radius 1 is 1.28 bits per heavy atom. The third-order valence-electron chi connectivity index (χ3n) is 3.35. The number of likely N-dealkylation sites (N-methyl/N-ethyl adjacent to an activating group) is 1. The van der Waals surface area contributed by atoms with Gasteiger partial charge in [0.1, 0.15) is 11.3 Å². The van der Waals surface area contributed by atoms with Gasteiger partial charge in [0.05, 0.1) is 6.54 Å². The normalized spacial score (nSPS) is 18.6. The van der Waals surface area contributed by atoms with Gasteiger partial charge in [-0.3, -0.25) is 4.90 Å². The van der Waals surface area contributed by atoms with Crippen molar-refractivity contribution >= 4 is 11.1 Å². The summed E-state index contributed by atoms with van der Waals surface area (Å²) in [5.41, 5.74) is 1.25. The molecular formula is C13H16FN3O. The van der Waals surface area contributed by atoms with Gasteiger partial charge in [0, 0.05) is 32.2 Å². The lowest BCUT2D eigenvalue weighted by molar-refractivity contribution is 0.139. The van der Waals surface area contributed by atoms with Crippen molar-refractivity contribution in [3.63, 3.8) is 0 Å². The maximum absolute atomic E-state index is 13.0. The van der Waals surface area contributed by atoms with E-state index in [2.05, 4.69) is 21.8 Å². The summed E-state index contributed by atoms with van der Waals surface area (Å²) < 4.78 is 18.7. The fraction of sp³-hybridized carbons (Fsp3) is 0.462. The van der Waals surface area contributed by atoms with Crippen LogP contribution in [0.1, 0.15) is 5.89 Å². The highest BCUT2D eigenvalue weighted by Crippen LogP contribution is 2.18. The zero-order valence-corrected chi connectivity index (χ0v) is 10.4. The molecule has 1 aromatic heterocycles. The first-order valence-electron chi connectivity index (χ1n) is 6.16. The van der Waals surface area contributed by atoms with Gasteiger partial charge in [-0.2, -0.15) is 0 Å². The van der Waals surface area contributed by atoms with Crippen LogP contribution >= 0.6 is 0 Å². The molecule has 1 aromatic carbocycles. The van der Waals surface area contributed by atoms with Gasteiger partial charge in [-0.05, 0) is 19.2 Å². The molecule has 2 aromatic rings. The van der Waals surface area contributed by atoms with Crippen molar-refractivity contribution in [2.24, 2.45) is 0 Å². The third kappa shape index (κ3) is 2.37. The second-order valence-electron chi connectivity index (χ2n) is 4.80. The van der Waals surface area contributed by atoms with Gasteiger partial charge in [0.2, 0.25) is 5.89 Å². The summed E-state index contributed by atoms with van der Waals surface area (Å²) in [5, 5.41) is 0. The average Bonchev–Trinajstić information content (AvgIpc) is 2.73. The van der Waals surface area contributed by atoms with Crippen LogP contribution in [0, 0.1) is 5.82 Å². The highest BCUT2D eigenvalue weighted by atomic mass is 19.1. The summed E-state index contributed by atoms with van der Waals surface area (Å²) in [6.07, 6.45) is 0. The number of oxazole rings is 1. The van der Waals surface area contributed by atoms with E-state index in [0.717, 1.165) is 26.2 Å². The maximum atomic E-state index is 13.0. The third-order valence-corrected chi connectivity index (χ3v) is 3.35. The van der Waals surface area contributed by atoms with Crippen LogP contribution in [0.15, 0.2) is 22.6 Å². The van der Waals surface area contributed by atoms with Crippen molar-refractivity contribution < 1.29 is 8.81 Å². The van der Waals surface area contributed by atoms with Crippen LogP contribution < -0.4 is 0 Å². The van der Waals surface area contributed by atoms with Crippen LogP contribution in [0.4, 0.5) is 4.39 Å². The largest absolute Gasteiger partial charge is 0.439 e. The van der Waals surface area contributed by atoms with E-state index in [4.69, 9.17) is 4.42 Å². The fourth-order valence-electron chi connectivity index (χ4n) is 2.21. The number of halogens is 1. The lowest BCUT2D eigenvalue weighted by Gasteiger charge is -2.31.